The number of esters is 3. The molecule has 0 aliphatic heterocycles. The normalized spacial score (nSPS) is 12.7. The Bertz CT molecular complexity index is 1580. The van der Waals surface area contributed by atoms with E-state index in [0.29, 0.717) is 19.3 Å². The Morgan fingerprint density at radius 1 is 0.259 bits per heavy atom. The molecule has 0 fully saturated rings. The van der Waals surface area contributed by atoms with E-state index in [2.05, 4.69) is 118 Å². The Balaban J connectivity index is 4.42. The van der Waals surface area contributed by atoms with E-state index >= 15 is 0 Å². The predicted octanol–water partition coefficient (Wildman–Crippen LogP) is 24.0. The van der Waals surface area contributed by atoms with Crippen LogP contribution in [0.3, 0.4) is 0 Å². The molecule has 0 heterocycles. The van der Waals surface area contributed by atoms with Gasteiger partial charge in [-0.2, -0.15) is 0 Å². The molecule has 0 aliphatic carbocycles. The van der Waals surface area contributed by atoms with Crippen LogP contribution in [0.25, 0.3) is 0 Å². The Morgan fingerprint density at radius 3 is 0.765 bits per heavy atom. The minimum atomic E-state index is -0.792. The van der Waals surface area contributed by atoms with Crippen molar-refractivity contribution in [1.29, 1.82) is 0 Å². The lowest BCUT2D eigenvalue weighted by molar-refractivity contribution is -0.167. The fourth-order valence-electron chi connectivity index (χ4n) is 9.85. The summed E-state index contributed by atoms with van der Waals surface area (Å²) in [6.45, 7) is 6.54. The van der Waals surface area contributed by atoms with Gasteiger partial charge in [0.2, 0.25) is 0 Å². The van der Waals surface area contributed by atoms with E-state index in [0.717, 1.165) is 116 Å². The molecule has 0 radical (unpaired) electrons. The smallest absolute Gasteiger partial charge is 0.306 e. The van der Waals surface area contributed by atoms with Crippen LogP contribution in [0, 0.1) is 0 Å². The van der Waals surface area contributed by atoms with Crippen LogP contribution >= 0.6 is 0 Å². The van der Waals surface area contributed by atoms with Crippen LogP contribution in [0.4, 0.5) is 0 Å². The number of unbranched alkanes of at least 4 members (excludes halogenated alkanes) is 36. The van der Waals surface area contributed by atoms with Gasteiger partial charge in [-0.05, 0) is 122 Å². The number of hydrogen-bond donors (Lipinski definition) is 0. The van der Waals surface area contributed by atoms with Crippen LogP contribution < -0.4 is 0 Å². The van der Waals surface area contributed by atoms with Crippen molar-refractivity contribution < 1.29 is 28.6 Å². The van der Waals surface area contributed by atoms with Crippen LogP contribution in [0.15, 0.2) is 97.2 Å². The van der Waals surface area contributed by atoms with E-state index in [1.54, 1.807) is 0 Å². The van der Waals surface area contributed by atoms with Crippen molar-refractivity contribution in [3.63, 3.8) is 0 Å². The molecule has 0 aromatic heterocycles. The molecule has 6 nitrogen and oxygen atoms in total. The van der Waals surface area contributed by atoms with Crippen LogP contribution in [-0.2, 0) is 28.6 Å². The fraction of sp³-hybridized carbons (Fsp3) is 0.747. The maximum absolute atomic E-state index is 13.0. The molecule has 1 atom stereocenters. The summed E-state index contributed by atoms with van der Waals surface area (Å²) in [6, 6.07) is 0. The molecule has 0 rings (SSSR count). The minimum absolute atomic E-state index is 0.0856. The summed E-state index contributed by atoms with van der Waals surface area (Å²) in [4.78, 5) is 38.5. The van der Waals surface area contributed by atoms with Crippen molar-refractivity contribution >= 4 is 17.9 Å². The van der Waals surface area contributed by atoms with E-state index in [-0.39, 0.29) is 31.1 Å². The van der Waals surface area contributed by atoms with Gasteiger partial charge in [-0.25, -0.2) is 0 Å². The third-order valence-electron chi connectivity index (χ3n) is 15.0. The molecule has 0 N–H and O–H groups in total. The lowest BCUT2D eigenvalue weighted by Crippen LogP contribution is -2.30. The summed E-state index contributed by atoms with van der Waals surface area (Å²) in [5.74, 6) is -0.894. The van der Waals surface area contributed by atoms with Gasteiger partial charge in [0, 0.05) is 19.3 Å². The lowest BCUT2D eigenvalue weighted by Gasteiger charge is -2.18. The van der Waals surface area contributed by atoms with Crippen molar-refractivity contribution in [1.82, 2.24) is 0 Å². The maximum atomic E-state index is 13.0. The molecule has 0 aliphatic rings. The number of ether oxygens (including phenoxy) is 3. The van der Waals surface area contributed by atoms with E-state index in [1.807, 2.05) is 0 Å². The van der Waals surface area contributed by atoms with Crippen molar-refractivity contribution in [2.75, 3.05) is 13.2 Å². The topological polar surface area (TPSA) is 78.9 Å². The number of carbonyl (C=O) groups excluding carboxylic acids is 3. The summed E-state index contributed by atoms with van der Waals surface area (Å²) >= 11 is 0. The molecule has 1 unspecified atom stereocenters. The van der Waals surface area contributed by atoms with Crippen LogP contribution in [0.1, 0.15) is 342 Å². The molecule has 81 heavy (non-hydrogen) atoms. The van der Waals surface area contributed by atoms with E-state index < -0.39 is 6.10 Å². The molecule has 6 heteroatoms. The molecular weight excluding hydrogens is 997 g/mol. The van der Waals surface area contributed by atoms with Gasteiger partial charge in [-0.1, -0.05) is 298 Å². The molecule has 0 aromatic rings. The summed E-state index contributed by atoms with van der Waals surface area (Å²) in [6.07, 6.45) is 92.7. The second-order valence-electron chi connectivity index (χ2n) is 23.1. The highest BCUT2D eigenvalue weighted by molar-refractivity contribution is 5.71. The zero-order chi connectivity index (χ0) is 58.5. The van der Waals surface area contributed by atoms with Gasteiger partial charge in [0.15, 0.2) is 6.10 Å². The second kappa shape index (κ2) is 68.8. The first-order chi connectivity index (χ1) is 40.0. The molecule has 0 aromatic carbocycles. The van der Waals surface area contributed by atoms with Crippen molar-refractivity contribution in [3.05, 3.63) is 97.2 Å². The zero-order valence-corrected chi connectivity index (χ0v) is 53.5. The lowest BCUT2D eigenvalue weighted by atomic mass is 10.1. The van der Waals surface area contributed by atoms with Crippen LogP contribution in [-0.4, -0.2) is 37.2 Å². The number of rotatable bonds is 63. The standard InChI is InChI=1S/C75H130O6/c1-4-7-10-13-16-19-22-25-28-31-34-37-40-43-46-49-52-55-58-61-64-67-73(76)79-70-72(81-75(78)69-66-63-60-57-54-51-48-45-42-39-36-33-30-27-24-21-18-15-12-9-6-3)71-80-74(77)68-65-62-59-56-53-50-47-44-41-38-35-32-29-26-23-20-17-14-11-8-5-2/h7,10,16,19,24-25,27-28,32-37,42,45,72H,4-6,8-9,11-15,17-18,20-23,26,29-31,38-41,43-44,46-71H2,1-3H3/b10-7-,19-16-,27-24-,28-25-,35-32-,36-33-,37-34-,45-42-. The SMILES string of the molecule is CC/C=C\C/C=C\C/C=C\C/C=C\CCCCCCCCCCC(=O)OCC(COC(=O)CCCCCCCCCCC/C=C\CCCCCCCCCC)OC(=O)CCCCCCCC/C=C\C/C=C\C/C=C\CCCCCCC. The average molecular weight is 1130 g/mol. The second-order valence-corrected chi connectivity index (χ2v) is 23.1. The third-order valence-corrected chi connectivity index (χ3v) is 15.0. The van der Waals surface area contributed by atoms with E-state index in [1.165, 1.54) is 186 Å². The Morgan fingerprint density at radius 2 is 0.481 bits per heavy atom. The van der Waals surface area contributed by atoms with Gasteiger partial charge in [0.1, 0.15) is 13.2 Å². The van der Waals surface area contributed by atoms with Gasteiger partial charge in [0.25, 0.3) is 0 Å². The van der Waals surface area contributed by atoms with Crippen LogP contribution in [0.5, 0.6) is 0 Å². The summed E-state index contributed by atoms with van der Waals surface area (Å²) < 4.78 is 17.0. The molecule has 0 bridgehead atoms. The summed E-state index contributed by atoms with van der Waals surface area (Å²) in [7, 11) is 0. The predicted molar refractivity (Wildman–Crippen MR) is 353 cm³/mol. The van der Waals surface area contributed by atoms with Crippen molar-refractivity contribution in [2.24, 2.45) is 0 Å². The van der Waals surface area contributed by atoms with Gasteiger partial charge < -0.3 is 14.2 Å². The van der Waals surface area contributed by atoms with E-state index in [4.69, 9.17) is 14.2 Å². The van der Waals surface area contributed by atoms with Gasteiger partial charge in [0.05, 0.1) is 0 Å². The quantitative estimate of drug-likeness (QED) is 0.0261. The first kappa shape index (κ1) is 77.3. The highest BCUT2D eigenvalue weighted by atomic mass is 16.6. The Labute approximate surface area is 502 Å². The van der Waals surface area contributed by atoms with Gasteiger partial charge in [-0.15, -0.1) is 0 Å². The van der Waals surface area contributed by atoms with Crippen molar-refractivity contribution in [2.45, 2.75) is 348 Å². The molecule has 0 saturated heterocycles. The molecular formula is C75H130O6. The third kappa shape index (κ3) is 67.0. The number of carbonyl (C=O) groups is 3. The number of hydrogen-bond acceptors (Lipinski definition) is 6. The molecule has 466 valence electrons. The first-order valence-electron chi connectivity index (χ1n) is 34.7. The Hall–Kier alpha value is -3.67. The van der Waals surface area contributed by atoms with Crippen molar-refractivity contribution in [3.8, 4) is 0 Å². The highest BCUT2D eigenvalue weighted by Crippen LogP contribution is 2.16. The number of allylic oxidation sites excluding steroid dienone is 16. The monoisotopic (exact) mass is 1130 g/mol. The average Bonchev–Trinajstić information content (AvgIpc) is 3.47. The maximum Gasteiger partial charge on any atom is 0.306 e. The van der Waals surface area contributed by atoms with Crippen LogP contribution in [0.2, 0.25) is 0 Å². The largest absolute Gasteiger partial charge is 0.462 e. The summed E-state index contributed by atoms with van der Waals surface area (Å²) in [5.41, 5.74) is 0. The van der Waals surface area contributed by atoms with Gasteiger partial charge >= 0.3 is 17.9 Å². The van der Waals surface area contributed by atoms with E-state index in [9.17, 15) is 14.4 Å². The molecule has 0 amide bonds. The first-order valence-corrected chi connectivity index (χ1v) is 34.7. The minimum Gasteiger partial charge on any atom is -0.462 e. The highest BCUT2D eigenvalue weighted by Gasteiger charge is 2.19. The Kier molecular flexibility index (Phi) is 65.7. The molecule has 0 spiro atoms. The van der Waals surface area contributed by atoms with Gasteiger partial charge in [-0.3, -0.25) is 14.4 Å². The fourth-order valence-corrected chi connectivity index (χ4v) is 9.85. The summed E-state index contributed by atoms with van der Waals surface area (Å²) in [5, 5.41) is 0. The molecule has 0 saturated carbocycles. The zero-order valence-electron chi connectivity index (χ0n) is 53.5.